The second-order valence-corrected chi connectivity index (χ2v) is 6.39. The molecule has 2 rings (SSSR count). The molecule has 1 saturated carbocycles. The molecule has 1 atom stereocenters. The summed E-state index contributed by atoms with van der Waals surface area (Å²) < 4.78 is 13.2. The summed E-state index contributed by atoms with van der Waals surface area (Å²) in [7, 11) is 3.81. The average Bonchev–Trinajstić information content (AvgIpc) is 3.00. The highest BCUT2D eigenvalue weighted by Gasteiger charge is 2.32. The molecule has 1 amide bonds. The zero-order valence-corrected chi connectivity index (χ0v) is 13.9. The summed E-state index contributed by atoms with van der Waals surface area (Å²) in [5, 5.41) is 0. The minimum atomic E-state index is -0.340. The van der Waals surface area contributed by atoms with Gasteiger partial charge in [-0.15, -0.1) is 0 Å². The molecule has 0 N–H and O–H groups in total. The summed E-state index contributed by atoms with van der Waals surface area (Å²) in [4.78, 5) is 17.1. The molecule has 22 heavy (non-hydrogen) atoms. The van der Waals surface area contributed by atoms with Crippen molar-refractivity contribution in [1.82, 2.24) is 9.80 Å². The number of likely N-dealkylation sites (N-methyl/N-ethyl adjacent to an activating group) is 1. The maximum absolute atomic E-state index is 13.2. The minimum absolute atomic E-state index is 0.144. The molecule has 0 aliphatic heterocycles. The predicted molar refractivity (Wildman–Crippen MR) is 87.1 cm³/mol. The highest BCUT2D eigenvalue weighted by Crippen LogP contribution is 2.28. The summed E-state index contributed by atoms with van der Waals surface area (Å²) in [6.07, 6.45) is 5.60. The van der Waals surface area contributed by atoms with Crippen molar-refractivity contribution in [1.29, 1.82) is 0 Å². The van der Waals surface area contributed by atoms with Crippen LogP contribution in [0.25, 0.3) is 0 Å². The molecule has 0 unspecified atom stereocenters. The molecule has 0 spiro atoms. The highest BCUT2D eigenvalue weighted by atomic mass is 19.1. The van der Waals surface area contributed by atoms with E-state index in [0.29, 0.717) is 6.04 Å². The molecule has 4 heteroatoms. The molecule has 0 saturated heterocycles. The second kappa shape index (κ2) is 7.73. The van der Waals surface area contributed by atoms with E-state index < -0.39 is 0 Å². The first-order valence-corrected chi connectivity index (χ1v) is 8.27. The Morgan fingerprint density at radius 1 is 1.23 bits per heavy atom. The molecule has 122 valence electrons. The third kappa shape index (κ3) is 3.86. The van der Waals surface area contributed by atoms with Crippen LogP contribution in [0, 0.1) is 5.82 Å². The van der Waals surface area contributed by atoms with Gasteiger partial charge in [0, 0.05) is 12.6 Å². The number of hydrogen-bond acceptors (Lipinski definition) is 2. The van der Waals surface area contributed by atoms with Crippen LogP contribution in [-0.2, 0) is 4.79 Å². The van der Waals surface area contributed by atoms with Crippen LogP contribution in [-0.4, -0.2) is 42.4 Å². The number of nitrogens with zero attached hydrogens (tertiary/aromatic N) is 2. The summed E-state index contributed by atoms with van der Waals surface area (Å²) in [5.74, 6) is -0.125. The van der Waals surface area contributed by atoms with Crippen LogP contribution in [0.1, 0.15) is 50.6 Å². The molecular formula is C18H27FN2O. The van der Waals surface area contributed by atoms with E-state index in [1.54, 1.807) is 12.1 Å². The number of halogens is 1. The number of amides is 1. The fourth-order valence-corrected chi connectivity index (χ4v) is 3.39. The lowest BCUT2D eigenvalue weighted by Gasteiger charge is -2.34. The van der Waals surface area contributed by atoms with Gasteiger partial charge in [-0.3, -0.25) is 9.69 Å². The van der Waals surface area contributed by atoms with Crippen molar-refractivity contribution >= 4 is 5.91 Å². The Labute approximate surface area is 133 Å². The van der Waals surface area contributed by atoms with E-state index in [1.165, 1.54) is 25.0 Å². The maximum atomic E-state index is 13.2. The Morgan fingerprint density at radius 3 is 2.32 bits per heavy atom. The quantitative estimate of drug-likeness (QED) is 0.801. The van der Waals surface area contributed by atoms with Crippen LogP contribution in [0.4, 0.5) is 4.39 Å². The molecule has 0 heterocycles. The Kier molecular flexibility index (Phi) is 5.95. The van der Waals surface area contributed by atoms with Crippen LogP contribution in [0.2, 0.25) is 0 Å². The largest absolute Gasteiger partial charge is 0.338 e. The van der Waals surface area contributed by atoms with Crippen LogP contribution in [0.5, 0.6) is 0 Å². The van der Waals surface area contributed by atoms with Crippen molar-refractivity contribution in [2.45, 2.75) is 51.1 Å². The molecule has 0 radical (unpaired) electrons. The topological polar surface area (TPSA) is 23.6 Å². The van der Waals surface area contributed by atoms with E-state index >= 15 is 0 Å². The lowest BCUT2D eigenvalue weighted by Crippen LogP contribution is -2.45. The van der Waals surface area contributed by atoms with Gasteiger partial charge in [0.25, 0.3) is 0 Å². The first-order chi connectivity index (χ1) is 10.5. The average molecular weight is 306 g/mol. The minimum Gasteiger partial charge on any atom is -0.338 e. The third-order valence-electron chi connectivity index (χ3n) is 4.45. The van der Waals surface area contributed by atoms with E-state index in [9.17, 15) is 9.18 Å². The van der Waals surface area contributed by atoms with Gasteiger partial charge in [-0.25, -0.2) is 4.39 Å². The van der Waals surface area contributed by atoms with Crippen molar-refractivity contribution < 1.29 is 9.18 Å². The molecule has 0 bridgehead atoms. The molecule has 1 fully saturated rings. The number of carbonyl (C=O) groups is 1. The van der Waals surface area contributed by atoms with Crippen LogP contribution in [0.15, 0.2) is 24.3 Å². The monoisotopic (exact) mass is 306 g/mol. The fraction of sp³-hybridized carbons (Fsp3) is 0.611. The summed E-state index contributed by atoms with van der Waals surface area (Å²) in [5.41, 5.74) is 0.857. The Morgan fingerprint density at radius 2 is 1.82 bits per heavy atom. The van der Waals surface area contributed by atoms with E-state index in [1.807, 2.05) is 19.0 Å². The molecule has 1 aromatic rings. The van der Waals surface area contributed by atoms with Gasteiger partial charge in [0.2, 0.25) is 5.91 Å². The van der Waals surface area contributed by atoms with E-state index in [-0.39, 0.29) is 17.8 Å². The van der Waals surface area contributed by atoms with E-state index in [0.717, 1.165) is 31.4 Å². The van der Waals surface area contributed by atoms with E-state index in [4.69, 9.17) is 0 Å². The maximum Gasteiger partial charge on any atom is 0.244 e. The lowest BCUT2D eigenvalue weighted by atomic mass is 10.0. The Bertz CT molecular complexity index is 480. The zero-order valence-electron chi connectivity index (χ0n) is 13.9. The van der Waals surface area contributed by atoms with E-state index in [2.05, 4.69) is 11.8 Å². The van der Waals surface area contributed by atoms with Gasteiger partial charge in [0.15, 0.2) is 0 Å². The SMILES string of the molecule is CCCN(C(=O)[C@@H](c1ccc(F)cc1)N(C)C)C1CCCC1. The summed E-state index contributed by atoms with van der Waals surface area (Å²) >= 11 is 0. The molecule has 0 aromatic heterocycles. The van der Waals surface area contributed by atoms with Crippen LogP contribution < -0.4 is 0 Å². The van der Waals surface area contributed by atoms with Gasteiger partial charge < -0.3 is 4.90 Å². The van der Waals surface area contributed by atoms with Crippen molar-refractivity contribution in [3.05, 3.63) is 35.6 Å². The molecular weight excluding hydrogens is 279 g/mol. The standard InChI is InChI=1S/C18H27FN2O/c1-4-13-21(16-7-5-6-8-16)18(22)17(20(2)3)14-9-11-15(19)12-10-14/h9-12,16-17H,4-8,13H2,1-3H3/t17-/m1/s1. The molecule has 1 aliphatic carbocycles. The van der Waals surface area contributed by atoms with Crippen LogP contribution in [0.3, 0.4) is 0 Å². The Balaban J connectivity index is 2.24. The first-order valence-electron chi connectivity index (χ1n) is 8.27. The van der Waals surface area contributed by atoms with Gasteiger partial charge in [-0.2, -0.15) is 0 Å². The number of rotatable bonds is 6. The van der Waals surface area contributed by atoms with Crippen molar-refractivity contribution in [3.8, 4) is 0 Å². The smallest absolute Gasteiger partial charge is 0.244 e. The van der Waals surface area contributed by atoms with Gasteiger partial charge in [-0.05, 0) is 51.1 Å². The normalized spacial score (nSPS) is 17.0. The Hall–Kier alpha value is -1.42. The molecule has 3 nitrogen and oxygen atoms in total. The predicted octanol–water partition coefficient (Wildman–Crippen LogP) is 3.61. The second-order valence-electron chi connectivity index (χ2n) is 6.39. The molecule has 1 aliphatic rings. The third-order valence-corrected chi connectivity index (χ3v) is 4.45. The van der Waals surface area contributed by atoms with Gasteiger partial charge in [0.1, 0.15) is 11.9 Å². The van der Waals surface area contributed by atoms with Crippen molar-refractivity contribution in [3.63, 3.8) is 0 Å². The lowest BCUT2D eigenvalue weighted by molar-refractivity contribution is -0.138. The first kappa shape index (κ1) is 16.9. The summed E-state index contributed by atoms with van der Waals surface area (Å²) in [6.45, 7) is 2.91. The van der Waals surface area contributed by atoms with Gasteiger partial charge >= 0.3 is 0 Å². The zero-order chi connectivity index (χ0) is 16.1. The van der Waals surface area contributed by atoms with Gasteiger partial charge in [-0.1, -0.05) is 31.9 Å². The number of benzene rings is 1. The fourth-order valence-electron chi connectivity index (χ4n) is 3.39. The highest BCUT2D eigenvalue weighted by molar-refractivity contribution is 5.83. The number of carbonyl (C=O) groups excluding carboxylic acids is 1. The molecule has 1 aromatic carbocycles. The summed E-state index contributed by atoms with van der Waals surface area (Å²) in [6, 6.07) is 6.33. The van der Waals surface area contributed by atoms with Gasteiger partial charge in [0.05, 0.1) is 0 Å². The van der Waals surface area contributed by atoms with Crippen molar-refractivity contribution in [2.75, 3.05) is 20.6 Å². The number of hydrogen-bond donors (Lipinski definition) is 0. The van der Waals surface area contributed by atoms with Crippen molar-refractivity contribution in [2.24, 2.45) is 0 Å². The van der Waals surface area contributed by atoms with Crippen LogP contribution >= 0.6 is 0 Å².